The van der Waals surface area contributed by atoms with Crippen LogP contribution in [-0.2, 0) is 17.6 Å². The molecule has 1 amide bonds. The minimum Gasteiger partial charge on any atom is -0.355 e. The number of aromatic nitrogens is 2. The third-order valence-corrected chi connectivity index (χ3v) is 3.70. The number of carbonyl (C=O) groups is 1. The number of hydrogen-bond acceptors (Lipinski definition) is 2. The monoisotopic (exact) mass is 331 g/mol. The van der Waals surface area contributed by atoms with Gasteiger partial charge in [0.25, 0.3) is 0 Å². The molecule has 2 aromatic heterocycles. The van der Waals surface area contributed by atoms with Gasteiger partial charge in [-0.1, -0.05) is 23.7 Å². The van der Waals surface area contributed by atoms with E-state index in [9.17, 15) is 9.18 Å². The van der Waals surface area contributed by atoms with Crippen LogP contribution >= 0.6 is 11.6 Å². The molecule has 1 N–H and O–H groups in total. The Bertz CT molecular complexity index is 829. The number of rotatable bonds is 5. The molecule has 0 aliphatic carbocycles. The van der Waals surface area contributed by atoms with E-state index in [1.54, 1.807) is 28.8 Å². The molecule has 3 aromatic rings. The fourth-order valence-corrected chi connectivity index (χ4v) is 2.44. The van der Waals surface area contributed by atoms with Crippen molar-refractivity contribution in [2.24, 2.45) is 0 Å². The quantitative estimate of drug-likeness (QED) is 0.781. The van der Waals surface area contributed by atoms with E-state index in [4.69, 9.17) is 11.6 Å². The zero-order valence-corrected chi connectivity index (χ0v) is 13.1. The van der Waals surface area contributed by atoms with Crippen LogP contribution in [0.2, 0.25) is 5.02 Å². The largest absolute Gasteiger partial charge is 0.355 e. The molecule has 4 nitrogen and oxygen atoms in total. The molecular formula is C17H15ClFN3O. The van der Waals surface area contributed by atoms with Crippen molar-refractivity contribution in [3.63, 3.8) is 0 Å². The van der Waals surface area contributed by atoms with Gasteiger partial charge in [0.2, 0.25) is 5.91 Å². The van der Waals surface area contributed by atoms with Crippen molar-refractivity contribution in [3.8, 4) is 0 Å². The molecule has 1 aromatic carbocycles. The fourth-order valence-electron chi connectivity index (χ4n) is 2.32. The summed E-state index contributed by atoms with van der Waals surface area (Å²) in [7, 11) is 0. The molecule has 0 bridgehead atoms. The van der Waals surface area contributed by atoms with Crippen molar-refractivity contribution in [1.29, 1.82) is 0 Å². The Morgan fingerprint density at radius 3 is 2.74 bits per heavy atom. The molecule has 0 aliphatic heterocycles. The van der Waals surface area contributed by atoms with Crippen molar-refractivity contribution in [3.05, 3.63) is 70.9 Å². The van der Waals surface area contributed by atoms with E-state index >= 15 is 0 Å². The summed E-state index contributed by atoms with van der Waals surface area (Å²) in [6.45, 7) is 0.485. The van der Waals surface area contributed by atoms with Gasteiger partial charge in [0.05, 0.1) is 12.1 Å². The highest BCUT2D eigenvalue weighted by atomic mass is 35.5. The van der Waals surface area contributed by atoms with E-state index in [1.165, 1.54) is 12.3 Å². The summed E-state index contributed by atoms with van der Waals surface area (Å²) < 4.78 is 14.8. The second kappa shape index (κ2) is 6.79. The first kappa shape index (κ1) is 15.5. The molecular weight excluding hydrogens is 317 g/mol. The van der Waals surface area contributed by atoms with E-state index < -0.39 is 0 Å². The van der Waals surface area contributed by atoms with Gasteiger partial charge in [0.15, 0.2) is 0 Å². The predicted molar refractivity (Wildman–Crippen MR) is 87.0 cm³/mol. The molecule has 0 unspecified atom stereocenters. The molecule has 2 heterocycles. The lowest BCUT2D eigenvalue weighted by Gasteiger charge is -2.04. The number of imidazole rings is 1. The highest BCUT2D eigenvalue weighted by Crippen LogP contribution is 2.10. The molecule has 0 saturated heterocycles. The lowest BCUT2D eigenvalue weighted by atomic mass is 10.1. The van der Waals surface area contributed by atoms with Gasteiger partial charge in [0, 0.05) is 30.4 Å². The topological polar surface area (TPSA) is 46.4 Å². The van der Waals surface area contributed by atoms with Crippen LogP contribution < -0.4 is 5.32 Å². The average Bonchev–Trinajstić information content (AvgIpc) is 2.91. The molecule has 0 saturated carbocycles. The lowest BCUT2D eigenvalue weighted by Crippen LogP contribution is -2.27. The SMILES string of the molecule is O=C(Cc1ccc(Cl)cc1)NCCc1cn2cc(F)ccc2n1. The summed E-state index contributed by atoms with van der Waals surface area (Å²) in [5.41, 5.74) is 2.41. The van der Waals surface area contributed by atoms with Crippen LogP contribution in [0, 0.1) is 5.82 Å². The molecule has 3 rings (SSSR count). The zero-order valence-electron chi connectivity index (χ0n) is 12.3. The van der Waals surface area contributed by atoms with Gasteiger partial charge in [-0.25, -0.2) is 9.37 Å². The average molecular weight is 332 g/mol. The summed E-state index contributed by atoms with van der Waals surface area (Å²) in [5, 5.41) is 3.51. The number of pyridine rings is 1. The molecule has 6 heteroatoms. The predicted octanol–water partition coefficient (Wildman–Crippen LogP) is 3.03. The van der Waals surface area contributed by atoms with E-state index in [-0.39, 0.29) is 11.7 Å². The Kier molecular flexibility index (Phi) is 4.57. The molecule has 23 heavy (non-hydrogen) atoms. The van der Waals surface area contributed by atoms with Gasteiger partial charge < -0.3 is 9.72 Å². The number of benzene rings is 1. The van der Waals surface area contributed by atoms with Crippen molar-refractivity contribution >= 4 is 23.2 Å². The van der Waals surface area contributed by atoms with Crippen LogP contribution in [0.4, 0.5) is 4.39 Å². The first-order valence-electron chi connectivity index (χ1n) is 7.24. The van der Waals surface area contributed by atoms with Crippen LogP contribution in [0.1, 0.15) is 11.3 Å². The summed E-state index contributed by atoms with van der Waals surface area (Å²) in [6.07, 6.45) is 4.05. The maximum absolute atomic E-state index is 13.1. The fraction of sp³-hybridized carbons (Fsp3) is 0.176. The molecule has 118 valence electrons. The van der Waals surface area contributed by atoms with Gasteiger partial charge in [-0.05, 0) is 29.8 Å². The first-order chi connectivity index (χ1) is 11.1. The zero-order chi connectivity index (χ0) is 16.2. The number of nitrogens with one attached hydrogen (secondary N) is 1. The summed E-state index contributed by atoms with van der Waals surface area (Å²) in [6, 6.07) is 10.2. The van der Waals surface area contributed by atoms with Crippen LogP contribution in [0.15, 0.2) is 48.8 Å². The van der Waals surface area contributed by atoms with Crippen molar-refractivity contribution in [1.82, 2.24) is 14.7 Å². The highest BCUT2D eigenvalue weighted by Gasteiger charge is 2.05. The number of halogens is 2. The number of amides is 1. The molecule has 0 atom stereocenters. The van der Waals surface area contributed by atoms with Crippen molar-refractivity contribution < 1.29 is 9.18 Å². The second-order valence-corrected chi connectivity index (χ2v) is 5.68. The summed E-state index contributed by atoms with van der Waals surface area (Å²) in [4.78, 5) is 16.3. The number of fused-ring (bicyclic) bond motifs is 1. The summed E-state index contributed by atoms with van der Waals surface area (Å²) in [5.74, 6) is -0.361. The van der Waals surface area contributed by atoms with Crippen LogP contribution in [0.3, 0.4) is 0 Å². The van der Waals surface area contributed by atoms with E-state index in [0.717, 1.165) is 11.3 Å². The Morgan fingerprint density at radius 1 is 1.17 bits per heavy atom. The van der Waals surface area contributed by atoms with Crippen LogP contribution in [0.25, 0.3) is 5.65 Å². The number of hydrogen-bond donors (Lipinski definition) is 1. The van der Waals surface area contributed by atoms with Crippen molar-refractivity contribution in [2.45, 2.75) is 12.8 Å². The lowest BCUT2D eigenvalue weighted by molar-refractivity contribution is -0.120. The highest BCUT2D eigenvalue weighted by molar-refractivity contribution is 6.30. The van der Waals surface area contributed by atoms with E-state index in [2.05, 4.69) is 10.3 Å². The van der Waals surface area contributed by atoms with Crippen LogP contribution in [0.5, 0.6) is 0 Å². The van der Waals surface area contributed by atoms with Gasteiger partial charge in [-0.2, -0.15) is 0 Å². The third kappa shape index (κ3) is 4.07. The molecule has 0 aliphatic rings. The number of carbonyl (C=O) groups excluding carboxylic acids is 1. The normalized spacial score (nSPS) is 10.9. The molecule has 0 radical (unpaired) electrons. The first-order valence-corrected chi connectivity index (χ1v) is 7.62. The standard InChI is InChI=1S/C17H15ClFN3O/c18-13-3-1-12(2-4-13)9-17(23)20-8-7-15-11-22-10-14(19)5-6-16(22)21-15/h1-6,10-11H,7-9H2,(H,20,23). The molecule has 0 fully saturated rings. The Morgan fingerprint density at radius 2 is 1.96 bits per heavy atom. The van der Waals surface area contributed by atoms with Gasteiger partial charge >= 0.3 is 0 Å². The molecule has 0 spiro atoms. The summed E-state index contributed by atoms with van der Waals surface area (Å²) >= 11 is 5.81. The maximum Gasteiger partial charge on any atom is 0.224 e. The van der Waals surface area contributed by atoms with E-state index in [1.807, 2.05) is 12.1 Å². The van der Waals surface area contributed by atoms with Crippen LogP contribution in [-0.4, -0.2) is 21.8 Å². The Labute approximate surface area is 137 Å². The maximum atomic E-state index is 13.1. The van der Waals surface area contributed by atoms with Gasteiger partial charge in [-0.15, -0.1) is 0 Å². The van der Waals surface area contributed by atoms with E-state index in [0.29, 0.717) is 30.1 Å². The smallest absolute Gasteiger partial charge is 0.224 e. The Hall–Kier alpha value is -2.40. The third-order valence-electron chi connectivity index (χ3n) is 3.45. The second-order valence-electron chi connectivity index (χ2n) is 5.25. The minimum atomic E-state index is -0.308. The number of nitrogens with zero attached hydrogens (tertiary/aromatic N) is 2. The van der Waals surface area contributed by atoms with Gasteiger partial charge in [-0.3, -0.25) is 4.79 Å². The van der Waals surface area contributed by atoms with Gasteiger partial charge in [0.1, 0.15) is 11.5 Å². The van der Waals surface area contributed by atoms with Crippen molar-refractivity contribution in [2.75, 3.05) is 6.54 Å². The Balaban J connectivity index is 1.51. The minimum absolute atomic E-state index is 0.0536.